The van der Waals surface area contributed by atoms with Crippen LogP contribution in [-0.4, -0.2) is 17.1 Å². The molecule has 0 aliphatic heterocycles. The van der Waals surface area contributed by atoms with Crippen molar-refractivity contribution in [2.45, 2.75) is 17.2 Å². The molecule has 8 heteroatoms. The highest BCUT2D eigenvalue weighted by Gasteiger charge is 2.46. The van der Waals surface area contributed by atoms with Crippen molar-refractivity contribution in [1.82, 2.24) is 3.97 Å². The molecule has 178 valence electrons. The highest BCUT2D eigenvalue weighted by atomic mass is 35.5. The van der Waals surface area contributed by atoms with Crippen LogP contribution in [0.15, 0.2) is 77.0 Å². The topological polar surface area (TPSA) is 55.0 Å². The number of aromatic nitrogens is 1. The molecular weight excluding hydrogens is 528 g/mol. The fourth-order valence-electron chi connectivity index (χ4n) is 4.60. The highest BCUT2D eigenvalue weighted by Crippen LogP contribution is 2.53. The van der Waals surface area contributed by atoms with Gasteiger partial charge >= 0.3 is 5.97 Å². The summed E-state index contributed by atoms with van der Waals surface area (Å²) < 4.78 is 7.22. The summed E-state index contributed by atoms with van der Waals surface area (Å²) in [4.78, 5) is 16.1. The number of halogens is 1. The zero-order valence-corrected chi connectivity index (χ0v) is 22.3. The third kappa shape index (κ3) is 4.04. The number of rotatable bonds is 6. The van der Waals surface area contributed by atoms with Crippen molar-refractivity contribution in [3.8, 4) is 27.8 Å². The number of nitrogens with zero attached hydrogens (tertiary/aromatic N) is 2. The number of carbonyl (C=O) groups is 1. The van der Waals surface area contributed by atoms with Gasteiger partial charge in [0.25, 0.3) is 0 Å². The third-order valence-corrected chi connectivity index (χ3v) is 9.74. The first-order chi connectivity index (χ1) is 17.6. The van der Waals surface area contributed by atoms with Crippen LogP contribution in [0, 0.1) is 17.2 Å². The second kappa shape index (κ2) is 9.45. The summed E-state index contributed by atoms with van der Waals surface area (Å²) in [5.41, 5.74) is 4.13. The maximum atomic E-state index is 12.0. The molecule has 5 aromatic rings. The smallest absolute Gasteiger partial charge is 0.309 e. The van der Waals surface area contributed by atoms with E-state index in [0.717, 1.165) is 43.9 Å². The minimum absolute atomic E-state index is 0.0580. The lowest BCUT2D eigenvalue weighted by Crippen LogP contribution is -2.03. The first-order valence-corrected chi connectivity index (χ1v) is 14.2. The third-order valence-electron chi connectivity index (χ3n) is 6.40. The fraction of sp³-hybridized carbons (Fsp3) is 0.143. The van der Waals surface area contributed by atoms with Gasteiger partial charge in [0.2, 0.25) is 0 Å². The van der Waals surface area contributed by atoms with Crippen molar-refractivity contribution >= 4 is 63.1 Å². The summed E-state index contributed by atoms with van der Waals surface area (Å²) in [6.45, 7) is 0. The van der Waals surface area contributed by atoms with Crippen molar-refractivity contribution in [3.63, 3.8) is 0 Å². The maximum absolute atomic E-state index is 12.0. The molecule has 36 heavy (non-hydrogen) atoms. The Kier molecular flexibility index (Phi) is 6.14. The largest absolute Gasteiger partial charge is 0.469 e. The molecule has 0 bridgehead atoms. The van der Waals surface area contributed by atoms with E-state index in [1.165, 1.54) is 23.3 Å². The zero-order chi connectivity index (χ0) is 24.8. The van der Waals surface area contributed by atoms with Crippen molar-refractivity contribution in [1.29, 1.82) is 5.26 Å². The van der Waals surface area contributed by atoms with Gasteiger partial charge in [0.05, 0.1) is 29.1 Å². The van der Waals surface area contributed by atoms with Crippen LogP contribution in [0.5, 0.6) is 0 Å². The molecular formula is C28H19ClN2O2S3. The van der Waals surface area contributed by atoms with E-state index in [4.69, 9.17) is 16.3 Å². The van der Waals surface area contributed by atoms with E-state index in [0.29, 0.717) is 9.90 Å². The summed E-state index contributed by atoms with van der Waals surface area (Å²) in [6, 6.07) is 24.8. The minimum Gasteiger partial charge on any atom is -0.469 e. The molecule has 4 nitrogen and oxygen atoms in total. The predicted octanol–water partition coefficient (Wildman–Crippen LogP) is 8.46. The number of fused-ring (bicyclic) bond motifs is 1. The standard InChI is InChI=1S/C28H19ClN2O2S3/c1-33-28(32)21-14-20(21)23-10-11-24(35-23)27-26(19-12-13-34-25(19)15-30)18-4-2-3-5-22(18)31(27)36-17-8-6-16(29)7-9-17/h2-13,20-21H,14H2,1H3. The molecule has 3 aromatic heterocycles. The number of benzene rings is 2. The van der Waals surface area contributed by atoms with Gasteiger partial charge in [-0.3, -0.25) is 8.77 Å². The average Bonchev–Trinajstić information content (AvgIpc) is 3.21. The fourth-order valence-corrected chi connectivity index (χ4v) is 7.71. The summed E-state index contributed by atoms with van der Waals surface area (Å²) in [5.74, 6) is 0.00883. The number of thiophene rings is 2. The van der Waals surface area contributed by atoms with Crippen molar-refractivity contribution < 1.29 is 9.53 Å². The van der Waals surface area contributed by atoms with E-state index in [1.807, 2.05) is 47.8 Å². The summed E-state index contributed by atoms with van der Waals surface area (Å²) in [5, 5.41) is 13.6. The Balaban J connectivity index is 1.56. The molecule has 2 aromatic carbocycles. The van der Waals surface area contributed by atoms with Crippen LogP contribution in [0.1, 0.15) is 22.1 Å². The first-order valence-electron chi connectivity index (χ1n) is 11.3. The van der Waals surface area contributed by atoms with E-state index < -0.39 is 0 Å². The molecule has 0 saturated heterocycles. The Morgan fingerprint density at radius 3 is 2.72 bits per heavy atom. The molecule has 0 N–H and O–H groups in total. The van der Waals surface area contributed by atoms with Crippen LogP contribution < -0.4 is 0 Å². The number of para-hydroxylation sites is 1. The average molecular weight is 547 g/mol. The Hall–Kier alpha value is -3.02. The van der Waals surface area contributed by atoms with Gasteiger partial charge in [0.15, 0.2) is 0 Å². The van der Waals surface area contributed by atoms with Gasteiger partial charge in [-0.1, -0.05) is 29.8 Å². The second-order valence-electron chi connectivity index (χ2n) is 8.53. The predicted molar refractivity (Wildman–Crippen MR) is 149 cm³/mol. The van der Waals surface area contributed by atoms with Crippen molar-refractivity contribution in [3.05, 3.63) is 86.9 Å². The number of methoxy groups -OCH3 is 1. The summed E-state index contributed by atoms with van der Waals surface area (Å²) in [6.07, 6.45) is 0.825. The number of hydrogen-bond acceptors (Lipinski definition) is 6. The zero-order valence-electron chi connectivity index (χ0n) is 19.1. The van der Waals surface area contributed by atoms with Gasteiger partial charge in [-0.05, 0) is 72.3 Å². The second-order valence-corrected chi connectivity index (χ2v) is 12.0. The molecule has 3 heterocycles. The molecule has 0 radical (unpaired) electrons. The van der Waals surface area contributed by atoms with E-state index >= 15 is 0 Å². The lowest BCUT2D eigenvalue weighted by molar-refractivity contribution is -0.142. The molecule has 2 unspecified atom stereocenters. The van der Waals surface area contributed by atoms with Crippen LogP contribution in [-0.2, 0) is 9.53 Å². The molecule has 6 rings (SSSR count). The molecule has 2 atom stereocenters. The van der Waals surface area contributed by atoms with Gasteiger partial charge < -0.3 is 4.74 Å². The highest BCUT2D eigenvalue weighted by molar-refractivity contribution is 7.98. The first kappa shape index (κ1) is 23.4. The Bertz CT molecular complexity index is 1640. The summed E-state index contributed by atoms with van der Waals surface area (Å²) in [7, 11) is 1.45. The van der Waals surface area contributed by atoms with Crippen LogP contribution in [0.2, 0.25) is 5.02 Å². The van der Waals surface area contributed by atoms with Gasteiger partial charge in [-0.25, -0.2) is 0 Å². The Morgan fingerprint density at radius 1 is 1.14 bits per heavy atom. The molecule has 1 fully saturated rings. The lowest BCUT2D eigenvalue weighted by atomic mass is 10.0. The van der Waals surface area contributed by atoms with Gasteiger partial charge in [0.1, 0.15) is 10.9 Å². The molecule has 1 saturated carbocycles. The van der Waals surface area contributed by atoms with E-state index in [-0.39, 0.29) is 17.8 Å². The Morgan fingerprint density at radius 2 is 1.94 bits per heavy atom. The normalized spacial score (nSPS) is 16.7. The minimum atomic E-state index is -0.139. The molecule has 0 amide bonds. The Labute approximate surface area is 225 Å². The number of esters is 1. The van der Waals surface area contributed by atoms with Gasteiger partial charge in [-0.15, -0.1) is 22.7 Å². The van der Waals surface area contributed by atoms with Crippen LogP contribution >= 0.6 is 46.2 Å². The van der Waals surface area contributed by atoms with E-state index in [9.17, 15) is 10.1 Å². The maximum Gasteiger partial charge on any atom is 0.309 e. The van der Waals surface area contributed by atoms with Crippen LogP contribution in [0.3, 0.4) is 0 Å². The van der Waals surface area contributed by atoms with E-state index in [2.05, 4.69) is 34.3 Å². The quantitative estimate of drug-likeness (QED) is 0.200. The van der Waals surface area contributed by atoms with Crippen LogP contribution in [0.4, 0.5) is 0 Å². The monoisotopic (exact) mass is 546 g/mol. The van der Waals surface area contributed by atoms with Crippen LogP contribution in [0.25, 0.3) is 32.6 Å². The van der Waals surface area contributed by atoms with Gasteiger partial charge in [-0.2, -0.15) is 5.26 Å². The van der Waals surface area contributed by atoms with Gasteiger partial charge in [0, 0.05) is 37.2 Å². The summed E-state index contributed by atoms with van der Waals surface area (Å²) >= 11 is 11.0. The lowest BCUT2D eigenvalue weighted by Gasteiger charge is -2.10. The number of carbonyl (C=O) groups excluding carboxylic acids is 1. The SMILES string of the molecule is COC(=O)C1CC1c1ccc(-c2c(-c3ccsc3C#N)c3ccccc3n2Sc2ccc(Cl)cc2)s1. The number of ether oxygens (including phenoxy) is 1. The van der Waals surface area contributed by atoms with E-state index in [1.54, 1.807) is 23.3 Å². The molecule has 1 aliphatic rings. The number of hydrogen-bond donors (Lipinski definition) is 0. The van der Waals surface area contributed by atoms with Crippen molar-refractivity contribution in [2.24, 2.45) is 5.92 Å². The molecule has 1 aliphatic carbocycles. The number of nitriles is 1. The molecule has 0 spiro atoms. The van der Waals surface area contributed by atoms with Crippen molar-refractivity contribution in [2.75, 3.05) is 7.11 Å².